The second-order valence-corrected chi connectivity index (χ2v) is 12.6. The molecule has 0 unspecified atom stereocenters. The van der Waals surface area contributed by atoms with E-state index in [0.29, 0.717) is 23.0 Å². The normalized spacial score (nSPS) is 47.6. The molecule has 0 aromatic heterocycles. The monoisotopic (exact) mass is 446 g/mol. The summed E-state index contributed by atoms with van der Waals surface area (Å²) in [5.41, 5.74) is 5.64. The van der Waals surface area contributed by atoms with Crippen LogP contribution in [-0.2, 0) is 4.79 Å². The molecule has 5 heteroatoms. The number of Topliss-reactive ketones (excluding diaryl/α,β-unsaturated/α-hetero) is 1. The Morgan fingerprint density at radius 1 is 1.06 bits per heavy atom. The molecule has 3 N–H and O–H groups in total. The van der Waals surface area contributed by atoms with E-state index in [2.05, 4.69) is 18.8 Å². The van der Waals surface area contributed by atoms with Crippen LogP contribution in [0.4, 0.5) is 0 Å². The minimum Gasteiger partial charge on any atom is -0.404 e. The highest BCUT2D eigenvalue weighted by atomic mass is 32.2. The van der Waals surface area contributed by atoms with E-state index < -0.39 is 5.60 Å². The largest absolute Gasteiger partial charge is 0.404 e. The van der Waals surface area contributed by atoms with Crippen LogP contribution < -0.4 is 5.73 Å². The van der Waals surface area contributed by atoms with Crippen LogP contribution in [0.5, 0.6) is 0 Å². The quantitative estimate of drug-likeness (QED) is 0.569. The fourth-order valence-corrected chi connectivity index (χ4v) is 8.78. The zero-order valence-electron chi connectivity index (χ0n) is 19.9. The lowest BCUT2D eigenvalue weighted by molar-refractivity contribution is -0.150. The van der Waals surface area contributed by atoms with Gasteiger partial charge in [-0.3, -0.25) is 9.79 Å². The Balaban J connectivity index is 1.47. The molecule has 0 bridgehead atoms. The molecule has 8 atom stereocenters. The molecule has 0 aromatic carbocycles. The number of nitrogens with zero attached hydrogens (tertiary/aromatic N) is 1. The molecule has 4 aliphatic rings. The van der Waals surface area contributed by atoms with Crippen molar-refractivity contribution in [3.05, 3.63) is 11.1 Å². The Labute approximate surface area is 192 Å². The first-order valence-electron chi connectivity index (χ1n) is 12.4. The summed E-state index contributed by atoms with van der Waals surface area (Å²) in [6.07, 6.45) is 15.6. The number of rotatable bonds is 5. The van der Waals surface area contributed by atoms with Gasteiger partial charge in [0, 0.05) is 23.2 Å². The molecule has 4 fully saturated rings. The molecule has 0 radical (unpaired) electrons. The number of hydrogen-bond donors (Lipinski definition) is 2. The van der Waals surface area contributed by atoms with Gasteiger partial charge in [-0.2, -0.15) is 0 Å². The molecule has 0 saturated heterocycles. The van der Waals surface area contributed by atoms with E-state index in [9.17, 15) is 9.90 Å². The van der Waals surface area contributed by atoms with Crippen LogP contribution in [0.3, 0.4) is 0 Å². The number of carbonyl (C=O) groups excluding carboxylic acids is 1. The number of nitrogens with two attached hydrogens (primary N) is 1. The van der Waals surface area contributed by atoms with Gasteiger partial charge in [0.25, 0.3) is 0 Å². The van der Waals surface area contributed by atoms with Gasteiger partial charge in [-0.25, -0.2) is 0 Å². The smallest absolute Gasteiger partial charge is 0.157 e. The Morgan fingerprint density at radius 3 is 2.52 bits per heavy atom. The highest BCUT2D eigenvalue weighted by molar-refractivity contribution is 8.03. The summed E-state index contributed by atoms with van der Waals surface area (Å²) in [5.74, 6) is 3.35. The van der Waals surface area contributed by atoms with Crippen LogP contribution in [0.15, 0.2) is 16.1 Å². The first-order chi connectivity index (χ1) is 14.6. The van der Waals surface area contributed by atoms with Gasteiger partial charge in [0.1, 0.15) is 0 Å². The third kappa shape index (κ3) is 4.03. The van der Waals surface area contributed by atoms with E-state index >= 15 is 0 Å². The Hall–Kier alpha value is -0.810. The molecule has 0 amide bonds. The third-order valence-corrected chi connectivity index (χ3v) is 10.9. The predicted molar refractivity (Wildman–Crippen MR) is 130 cm³/mol. The van der Waals surface area contributed by atoms with Gasteiger partial charge in [-0.15, -0.1) is 11.8 Å². The van der Waals surface area contributed by atoms with Gasteiger partial charge >= 0.3 is 0 Å². The maximum absolute atomic E-state index is 13.2. The number of carbonyl (C=O) groups is 1. The number of aliphatic imine (C=N–C) groups is 1. The molecule has 0 aliphatic heterocycles. The topological polar surface area (TPSA) is 75.7 Å². The molecular weight excluding hydrogens is 404 g/mol. The van der Waals surface area contributed by atoms with Gasteiger partial charge in [0.05, 0.1) is 12.1 Å². The average Bonchev–Trinajstić information content (AvgIpc) is 3.09. The van der Waals surface area contributed by atoms with E-state index in [1.807, 2.05) is 13.2 Å². The molecule has 0 aromatic rings. The summed E-state index contributed by atoms with van der Waals surface area (Å²) in [6, 6.07) is 0. The SMILES string of the molecule is CSC(C=NCC(=O)[C@H]1CC[C@H]2[C@@H]3CC[C@H]4C[C@](C)(O)CC[C@]4(C)[C@H]3CC[C@]12C)=CN. The molecule has 4 rings (SSSR count). The van der Waals surface area contributed by atoms with E-state index in [-0.39, 0.29) is 17.9 Å². The van der Waals surface area contributed by atoms with Gasteiger partial charge in [0.2, 0.25) is 0 Å². The maximum Gasteiger partial charge on any atom is 0.157 e. The number of ketones is 1. The van der Waals surface area contributed by atoms with Crippen molar-refractivity contribution in [2.75, 3.05) is 12.8 Å². The Bertz CT molecular complexity index is 763. The van der Waals surface area contributed by atoms with Crippen LogP contribution in [0.2, 0.25) is 0 Å². The minimum atomic E-state index is -0.471. The second-order valence-electron chi connectivity index (χ2n) is 11.7. The summed E-state index contributed by atoms with van der Waals surface area (Å²) in [5, 5.41) is 10.7. The third-order valence-electron chi connectivity index (χ3n) is 10.2. The van der Waals surface area contributed by atoms with Crippen molar-refractivity contribution in [2.45, 2.75) is 84.2 Å². The minimum absolute atomic E-state index is 0.142. The lowest BCUT2D eigenvalue weighted by Gasteiger charge is -2.61. The Morgan fingerprint density at radius 2 is 1.81 bits per heavy atom. The van der Waals surface area contributed by atoms with Crippen molar-refractivity contribution in [1.29, 1.82) is 0 Å². The van der Waals surface area contributed by atoms with Crippen molar-refractivity contribution in [1.82, 2.24) is 0 Å². The van der Waals surface area contributed by atoms with Gasteiger partial charge in [-0.05, 0) is 105 Å². The molecule has 31 heavy (non-hydrogen) atoms. The second kappa shape index (κ2) is 8.52. The number of hydrogen-bond acceptors (Lipinski definition) is 5. The van der Waals surface area contributed by atoms with Crippen molar-refractivity contribution < 1.29 is 9.90 Å². The number of fused-ring (bicyclic) bond motifs is 5. The fraction of sp³-hybridized carbons (Fsp3) is 0.846. The van der Waals surface area contributed by atoms with E-state index in [1.165, 1.54) is 38.5 Å². The molecule has 4 nitrogen and oxygen atoms in total. The van der Waals surface area contributed by atoms with Crippen LogP contribution >= 0.6 is 11.8 Å². The molecule has 4 aliphatic carbocycles. The van der Waals surface area contributed by atoms with Crippen molar-refractivity contribution in [2.24, 2.45) is 51.1 Å². The molecular formula is C26H42N2O2S. The number of aliphatic hydroxyl groups is 1. The van der Waals surface area contributed by atoms with Crippen molar-refractivity contribution in [3.63, 3.8) is 0 Å². The van der Waals surface area contributed by atoms with Crippen molar-refractivity contribution >= 4 is 23.8 Å². The van der Waals surface area contributed by atoms with Crippen molar-refractivity contribution in [3.8, 4) is 0 Å². The van der Waals surface area contributed by atoms with Gasteiger partial charge in [0.15, 0.2) is 5.78 Å². The van der Waals surface area contributed by atoms with E-state index in [0.717, 1.165) is 36.0 Å². The average molecular weight is 447 g/mol. The Kier molecular flexibility index (Phi) is 6.42. The summed E-state index contributed by atoms with van der Waals surface area (Å²) in [4.78, 5) is 18.5. The molecule has 4 saturated carbocycles. The summed E-state index contributed by atoms with van der Waals surface area (Å²) >= 11 is 1.55. The van der Waals surface area contributed by atoms with Gasteiger partial charge in [-0.1, -0.05) is 13.8 Å². The molecule has 174 valence electrons. The fourth-order valence-electron chi connectivity index (χ4n) is 8.46. The van der Waals surface area contributed by atoms with Crippen LogP contribution in [0, 0.1) is 40.4 Å². The lowest BCUT2D eigenvalue weighted by atomic mass is 9.44. The summed E-state index contributed by atoms with van der Waals surface area (Å²) < 4.78 is 0. The molecule has 0 spiro atoms. The highest BCUT2D eigenvalue weighted by Gasteiger charge is 2.61. The summed E-state index contributed by atoms with van der Waals surface area (Å²) in [6.45, 7) is 7.28. The number of allylic oxidation sites excluding steroid dienone is 1. The van der Waals surface area contributed by atoms with Crippen LogP contribution in [0.25, 0.3) is 0 Å². The number of thioether (sulfide) groups is 1. The predicted octanol–water partition coefficient (Wildman–Crippen LogP) is 5.20. The van der Waals surface area contributed by atoms with Crippen LogP contribution in [-0.4, -0.2) is 35.5 Å². The highest BCUT2D eigenvalue weighted by Crippen LogP contribution is 2.68. The zero-order valence-corrected chi connectivity index (χ0v) is 20.7. The van der Waals surface area contributed by atoms with Crippen LogP contribution in [0.1, 0.15) is 78.6 Å². The lowest BCUT2D eigenvalue weighted by Crippen LogP contribution is -2.55. The first-order valence-corrected chi connectivity index (χ1v) is 13.6. The van der Waals surface area contributed by atoms with E-state index in [1.54, 1.807) is 24.2 Å². The zero-order chi connectivity index (χ0) is 22.4. The first kappa shape index (κ1) is 23.4. The standard InChI is InChI=1S/C26H42N2O2S/c1-24(30)11-12-25(2)17(13-24)5-6-19-20-7-8-22(26(20,3)10-9-21(19)25)23(29)16-28-15-18(14-27)31-4/h14-15,17,19-22,30H,5-13,16,27H2,1-4H3/t17-,19-,20-,21-,22+,24+,25-,26-/m0/s1. The van der Waals surface area contributed by atoms with Gasteiger partial charge < -0.3 is 10.8 Å². The summed E-state index contributed by atoms with van der Waals surface area (Å²) in [7, 11) is 0. The maximum atomic E-state index is 13.2. The molecule has 0 heterocycles. The van der Waals surface area contributed by atoms with E-state index in [4.69, 9.17) is 5.73 Å².